The molecule has 2 aromatic carbocycles. The average Bonchev–Trinajstić information content (AvgIpc) is 2.41. The standard InChI is InChI=1S/C15H17NO2S/c1-12-9-10-13(2)15(11-12)19(17,18)16(3)14-7-5-4-6-8-14/h4-11H,1-3H3. The van der Waals surface area contributed by atoms with Gasteiger partial charge in [0.25, 0.3) is 10.0 Å². The molecule has 0 aliphatic carbocycles. The fourth-order valence-electron chi connectivity index (χ4n) is 1.91. The Balaban J connectivity index is 2.51. The van der Waals surface area contributed by atoms with Gasteiger partial charge in [0.2, 0.25) is 0 Å². The molecule has 0 bridgehead atoms. The molecule has 0 aliphatic rings. The van der Waals surface area contributed by atoms with Gasteiger partial charge in [0.15, 0.2) is 0 Å². The Bertz CT molecular complexity index is 679. The Morgan fingerprint density at radius 1 is 0.947 bits per heavy atom. The third-order valence-corrected chi connectivity index (χ3v) is 5.03. The van der Waals surface area contributed by atoms with E-state index in [0.29, 0.717) is 10.6 Å². The van der Waals surface area contributed by atoms with Gasteiger partial charge in [-0.25, -0.2) is 8.42 Å². The summed E-state index contributed by atoms with van der Waals surface area (Å²) in [6.45, 7) is 3.70. The number of anilines is 1. The monoisotopic (exact) mass is 275 g/mol. The van der Waals surface area contributed by atoms with Crippen molar-refractivity contribution in [2.75, 3.05) is 11.4 Å². The molecule has 4 heteroatoms. The first-order chi connectivity index (χ1) is 8.93. The second-order valence-corrected chi connectivity index (χ2v) is 6.51. The van der Waals surface area contributed by atoms with Crippen molar-refractivity contribution in [2.24, 2.45) is 0 Å². The number of aryl methyl sites for hydroxylation is 2. The number of para-hydroxylation sites is 1. The van der Waals surface area contributed by atoms with E-state index in [1.807, 2.05) is 44.2 Å². The summed E-state index contributed by atoms with van der Waals surface area (Å²) in [6, 6.07) is 14.5. The predicted molar refractivity (Wildman–Crippen MR) is 77.9 cm³/mol. The summed E-state index contributed by atoms with van der Waals surface area (Å²) in [5.74, 6) is 0. The maximum absolute atomic E-state index is 12.6. The Hall–Kier alpha value is -1.81. The number of hydrogen-bond donors (Lipinski definition) is 0. The maximum Gasteiger partial charge on any atom is 0.264 e. The van der Waals surface area contributed by atoms with E-state index in [9.17, 15) is 8.42 Å². The van der Waals surface area contributed by atoms with Crippen molar-refractivity contribution in [1.29, 1.82) is 0 Å². The number of nitrogens with zero attached hydrogens (tertiary/aromatic N) is 1. The minimum absolute atomic E-state index is 0.360. The lowest BCUT2D eigenvalue weighted by atomic mass is 10.2. The maximum atomic E-state index is 12.6. The third-order valence-electron chi connectivity index (χ3n) is 3.10. The van der Waals surface area contributed by atoms with Gasteiger partial charge in [0.1, 0.15) is 0 Å². The van der Waals surface area contributed by atoms with Gasteiger partial charge in [-0.2, -0.15) is 0 Å². The van der Waals surface area contributed by atoms with E-state index in [1.54, 1.807) is 25.2 Å². The summed E-state index contributed by atoms with van der Waals surface area (Å²) >= 11 is 0. The molecule has 0 saturated heterocycles. The van der Waals surface area contributed by atoms with E-state index in [1.165, 1.54) is 4.31 Å². The van der Waals surface area contributed by atoms with E-state index in [0.717, 1.165) is 11.1 Å². The molecule has 0 radical (unpaired) electrons. The number of sulfonamides is 1. The van der Waals surface area contributed by atoms with Crippen molar-refractivity contribution in [2.45, 2.75) is 18.7 Å². The lowest BCUT2D eigenvalue weighted by Gasteiger charge is -2.20. The van der Waals surface area contributed by atoms with E-state index >= 15 is 0 Å². The highest BCUT2D eigenvalue weighted by molar-refractivity contribution is 7.92. The van der Waals surface area contributed by atoms with Gasteiger partial charge < -0.3 is 0 Å². The summed E-state index contributed by atoms with van der Waals surface area (Å²) in [7, 11) is -1.94. The van der Waals surface area contributed by atoms with Crippen molar-refractivity contribution in [3.05, 3.63) is 59.7 Å². The van der Waals surface area contributed by atoms with Crippen LogP contribution in [-0.2, 0) is 10.0 Å². The van der Waals surface area contributed by atoms with Crippen molar-refractivity contribution < 1.29 is 8.42 Å². The SMILES string of the molecule is Cc1ccc(C)c(S(=O)(=O)N(C)c2ccccc2)c1. The van der Waals surface area contributed by atoms with E-state index < -0.39 is 10.0 Å². The van der Waals surface area contributed by atoms with Crippen LogP contribution in [0.2, 0.25) is 0 Å². The molecule has 0 saturated carbocycles. The second-order valence-electron chi connectivity index (χ2n) is 4.58. The minimum atomic E-state index is -3.51. The van der Waals surface area contributed by atoms with Crippen LogP contribution < -0.4 is 4.31 Å². The smallest absolute Gasteiger partial charge is 0.264 e. The average molecular weight is 275 g/mol. The van der Waals surface area contributed by atoms with Crippen molar-refractivity contribution in [3.63, 3.8) is 0 Å². The molecule has 2 rings (SSSR count). The van der Waals surface area contributed by atoms with Gasteiger partial charge in [0.05, 0.1) is 10.6 Å². The van der Waals surface area contributed by atoms with E-state index in [-0.39, 0.29) is 0 Å². The highest BCUT2D eigenvalue weighted by atomic mass is 32.2. The molecule has 0 heterocycles. The second kappa shape index (κ2) is 5.05. The topological polar surface area (TPSA) is 37.4 Å². The molecule has 0 aromatic heterocycles. The number of benzene rings is 2. The zero-order valence-corrected chi connectivity index (χ0v) is 12.1. The molecule has 19 heavy (non-hydrogen) atoms. The fourth-order valence-corrected chi connectivity index (χ4v) is 3.41. The molecule has 0 amide bonds. The van der Waals surface area contributed by atoms with Gasteiger partial charge in [-0.15, -0.1) is 0 Å². The molecule has 0 atom stereocenters. The lowest BCUT2D eigenvalue weighted by Crippen LogP contribution is -2.27. The highest BCUT2D eigenvalue weighted by Gasteiger charge is 2.23. The van der Waals surface area contributed by atoms with Crippen LogP contribution in [0.1, 0.15) is 11.1 Å². The zero-order chi connectivity index (χ0) is 14.0. The Morgan fingerprint density at radius 2 is 1.58 bits per heavy atom. The van der Waals surface area contributed by atoms with Crippen LogP contribution >= 0.6 is 0 Å². The van der Waals surface area contributed by atoms with Crippen LogP contribution in [0.15, 0.2) is 53.4 Å². The molecule has 2 aromatic rings. The number of hydrogen-bond acceptors (Lipinski definition) is 2. The molecule has 0 unspecified atom stereocenters. The van der Waals surface area contributed by atoms with Gasteiger partial charge in [-0.1, -0.05) is 30.3 Å². The van der Waals surface area contributed by atoms with E-state index in [4.69, 9.17) is 0 Å². The predicted octanol–water partition coefficient (Wildman–Crippen LogP) is 3.13. The summed E-state index contributed by atoms with van der Waals surface area (Å²) in [5.41, 5.74) is 2.35. The quantitative estimate of drug-likeness (QED) is 0.863. The van der Waals surface area contributed by atoms with Crippen molar-refractivity contribution in [1.82, 2.24) is 0 Å². The lowest BCUT2D eigenvalue weighted by molar-refractivity contribution is 0.593. The van der Waals surface area contributed by atoms with Crippen LogP contribution in [0.25, 0.3) is 0 Å². The highest BCUT2D eigenvalue weighted by Crippen LogP contribution is 2.24. The largest absolute Gasteiger partial charge is 0.269 e. The molecule has 0 fully saturated rings. The van der Waals surface area contributed by atoms with Crippen LogP contribution in [0.5, 0.6) is 0 Å². The normalized spacial score (nSPS) is 11.3. The summed E-state index contributed by atoms with van der Waals surface area (Å²) < 4.78 is 26.6. The Kier molecular flexibility index (Phi) is 3.62. The molecule has 100 valence electrons. The first-order valence-corrected chi connectivity index (χ1v) is 7.48. The molecular weight excluding hydrogens is 258 g/mol. The molecular formula is C15H17NO2S. The number of rotatable bonds is 3. The third kappa shape index (κ3) is 2.63. The Morgan fingerprint density at radius 3 is 2.21 bits per heavy atom. The molecule has 3 nitrogen and oxygen atoms in total. The van der Waals surface area contributed by atoms with Gasteiger partial charge in [-0.05, 0) is 43.2 Å². The minimum Gasteiger partial charge on any atom is -0.269 e. The fraction of sp³-hybridized carbons (Fsp3) is 0.200. The van der Waals surface area contributed by atoms with Gasteiger partial charge in [-0.3, -0.25) is 4.31 Å². The van der Waals surface area contributed by atoms with Crippen LogP contribution in [-0.4, -0.2) is 15.5 Å². The summed E-state index contributed by atoms with van der Waals surface area (Å²) in [5, 5.41) is 0. The van der Waals surface area contributed by atoms with Crippen molar-refractivity contribution >= 4 is 15.7 Å². The van der Waals surface area contributed by atoms with Crippen LogP contribution in [0.3, 0.4) is 0 Å². The summed E-state index contributed by atoms with van der Waals surface area (Å²) in [4.78, 5) is 0.360. The molecule has 0 aliphatic heterocycles. The first-order valence-electron chi connectivity index (χ1n) is 6.04. The van der Waals surface area contributed by atoms with Crippen LogP contribution in [0.4, 0.5) is 5.69 Å². The molecule has 0 N–H and O–H groups in total. The Labute approximate surface area is 114 Å². The van der Waals surface area contributed by atoms with Gasteiger partial charge in [0, 0.05) is 7.05 Å². The molecule has 0 spiro atoms. The van der Waals surface area contributed by atoms with Gasteiger partial charge >= 0.3 is 0 Å². The summed E-state index contributed by atoms with van der Waals surface area (Å²) in [6.07, 6.45) is 0. The first kappa shape index (κ1) is 13.6. The van der Waals surface area contributed by atoms with E-state index in [2.05, 4.69) is 0 Å². The van der Waals surface area contributed by atoms with Crippen LogP contribution in [0, 0.1) is 13.8 Å². The zero-order valence-electron chi connectivity index (χ0n) is 11.3. The van der Waals surface area contributed by atoms with Crippen molar-refractivity contribution in [3.8, 4) is 0 Å².